The number of fused-ring (bicyclic) bond motifs is 1. The van der Waals surface area contributed by atoms with Crippen molar-refractivity contribution in [1.29, 1.82) is 0 Å². The third-order valence-corrected chi connectivity index (χ3v) is 3.75. The predicted octanol–water partition coefficient (Wildman–Crippen LogP) is 4.93. The molecule has 21 heavy (non-hydrogen) atoms. The molecule has 0 amide bonds. The molecule has 0 fully saturated rings. The zero-order valence-electron chi connectivity index (χ0n) is 11.4. The highest BCUT2D eigenvalue weighted by molar-refractivity contribution is 7.16. The van der Waals surface area contributed by atoms with Gasteiger partial charge in [0.25, 0.3) is 0 Å². The lowest BCUT2D eigenvalue weighted by atomic mass is 10.3. The SMILES string of the molecule is CCCOc1ccc(Oc2nc(Cl)nc3sccc23)cc1. The zero-order valence-corrected chi connectivity index (χ0v) is 12.9. The molecule has 4 nitrogen and oxygen atoms in total. The maximum Gasteiger partial charge on any atom is 0.232 e. The van der Waals surface area contributed by atoms with Gasteiger partial charge >= 0.3 is 0 Å². The van der Waals surface area contributed by atoms with E-state index < -0.39 is 0 Å². The maximum atomic E-state index is 5.91. The molecule has 3 rings (SSSR count). The molecule has 0 aliphatic heterocycles. The average Bonchev–Trinajstić information content (AvgIpc) is 2.95. The Balaban J connectivity index is 1.83. The number of rotatable bonds is 5. The summed E-state index contributed by atoms with van der Waals surface area (Å²) in [4.78, 5) is 9.12. The van der Waals surface area contributed by atoms with Crippen molar-refractivity contribution in [3.05, 3.63) is 41.0 Å². The van der Waals surface area contributed by atoms with E-state index in [1.54, 1.807) is 0 Å². The fourth-order valence-electron chi connectivity index (χ4n) is 1.82. The smallest absolute Gasteiger partial charge is 0.232 e. The lowest BCUT2D eigenvalue weighted by Gasteiger charge is -2.08. The molecule has 0 aliphatic carbocycles. The molecule has 0 saturated carbocycles. The van der Waals surface area contributed by atoms with Crippen LogP contribution in [0, 0.1) is 0 Å². The van der Waals surface area contributed by atoms with Crippen LogP contribution in [0.3, 0.4) is 0 Å². The number of halogens is 1. The van der Waals surface area contributed by atoms with Crippen molar-refractivity contribution in [3.63, 3.8) is 0 Å². The van der Waals surface area contributed by atoms with Gasteiger partial charge in [-0.1, -0.05) is 6.92 Å². The summed E-state index contributed by atoms with van der Waals surface area (Å²) < 4.78 is 11.3. The summed E-state index contributed by atoms with van der Waals surface area (Å²) in [6.45, 7) is 2.78. The van der Waals surface area contributed by atoms with Crippen LogP contribution in [0.5, 0.6) is 17.4 Å². The Morgan fingerprint density at radius 3 is 2.62 bits per heavy atom. The summed E-state index contributed by atoms with van der Waals surface area (Å²) in [5.41, 5.74) is 0. The molecule has 108 valence electrons. The number of nitrogens with zero attached hydrogens (tertiary/aromatic N) is 2. The van der Waals surface area contributed by atoms with E-state index in [0.29, 0.717) is 18.2 Å². The van der Waals surface area contributed by atoms with E-state index in [4.69, 9.17) is 21.1 Å². The highest BCUT2D eigenvalue weighted by Crippen LogP contribution is 2.31. The van der Waals surface area contributed by atoms with Crippen molar-refractivity contribution in [2.24, 2.45) is 0 Å². The van der Waals surface area contributed by atoms with Gasteiger partial charge < -0.3 is 9.47 Å². The van der Waals surface area contributed by atoms with Crippen LogP contribution in [0.4, 0.5) is 0 Å². The number of thiophene rings is 1. The van der Waals surface area contributed by atoms with Crippen molar-refractivity contribution >= 4 is 33.2 Å². The first-order chi connectivity index (χ1) is 10.3. The molecule has 3 aromatic rings. The van der Waals surface area contributed by atoms with Crippen molar-refractivity contribution in [3.8, 4) is 17.4 Å². The van der Waals surface area contributed by atoms with E-state index in [9.17, 15) is 0 Å². The van der Waals surface area contributed by atoms with Crippen LogP contribution in [0.2, 0.25) is 5.28 Å². The number of ether oxygens (including phenoxy) is 2. The van der Waals surface area contributed by atoms with E-state index in [1.165, 1.54) is 11.3 Å². The lowest BCUT2D eigenvalue weighted by molar-refractivity contribution is 0.317. The largest absolute Gasteiger partial charge is 0.494 e. The van der Waals surface area contributed by atoms with Crippen molar-refractivity contribution < 1.29 is 9.47 Å². The summed E-state index contributed by atoms with van der Waals surface area (Å²) in [6.07, 6.45) is 0.980. The average molecular weight is 321 g/mol. The lowest BCUT2D eigenvalue weighted by Crippen LogP contribution is -1.95. The van der Waals surface area contributed by atoms with Gasteiger partial charge in [0.2, 0.25) is 11.2 Å². The first-order valence-electron chi connectivity index (χ1n) is 6.57. The van der Waals surface area contributed by atoms with Crippen LogP contribution in [0.25, 0.3) is 10.2 Å². The van der Waals surface area contributed by atoms with Gasteiger partial charge in [0, 0.05) is 0 Å². The minimum Gasteiger partial charge on any atom is -0.494 e. The molecule has 0 N–H and O–H groups in total. The van der Waals surface area contributed by atoms with Crippen LogP contribution in [-0.2, 0) is 0 Å². The molecular formula is C15H13ClN2O2S. The van der Waals surface area contributed by atoms with Crippen molar-refractivity contribution in [2.75, 3.05) is 6.61 Å². The third-order valence-electron chi connectivity index (χ3n) is 2.77. The second-order valence-electron chi connectivity index (χ2n) is 4.36. The topological polar surface area (TPSA) is 44.2 Å². The molecule has 0 radical (unpaired) electrons. The number of benzene rings is 1. The summed E-state index contributed by atoms with van der Waals surface area (Å²) in [5.74, 6) is 1.97. The maximum absolute atomic E-state index is 5.91. The molecule has 0 saturated heterocycles. The molecular weight excluding hydrogens is 308 g/mol. The van der Waals surface area contributed by atoms with Gasteiger partial charge in [-0.2, -0.15) is 4.98 Å². The minimum atomic E-state index is 0.183. The Morgan fingerprint density at radius 2 is 1.86 bits per heavy atom. The number of hydrogen-bond donors (Lipinski definition) is 0. The molecule has 0 aliphatic rings. The van der Waals surface area contributed by atoms with Crippen LogP contribution in [-0.4, -0.2) is 16.6 Å². The Morgan fingerprint density at radius 1 is 1.10 bits per heavy atom. The molecule has 0 unspecified atom stereocenters. The Hall–Kier alpha value is -1.85. The van der Waals surface area contributed by atoms with Crippen molar-refractivity contribution in [2.45, 2.75) is 13.3 Å². The molecule has 0 atom stereocenters. The second-order valence-corrected chi connectivity index (χ2v) is 5.59. The summed E-state index contributed by atoms with van der Waals surface area (Å²) >= 11 is 7.42. The van der Waals surface area contributed by atoms with Gasteiger partial charge in [0.1, 0.15) is 16.3 Å². The Kier molecular flexibility index (Phi) is 4.22. The quantitative estimate of drug-likeness (QED) is 0.625. The summed E-state index contributed by atoms with van der Waals surface area (Å²) in [6, 6.07) is 9.36. The normalized spacial score (nSPS) is 10.8. The standard InChI is InChI=1S/C15H13ClN2O2S/c1-2-8-19-10-3-5-11(6-4-10)20-13-12-7-9-21-14(12)18-15(16)17-13/h3-7,9H,2,8H2,1H3. The fraction of sp³-hybridized carbons (Fsp3) is 0.200. The Labute approximate surface area is 131 Å². The van der Waals surface area contributed by atoms with Crippen LogP contribution >= 0.6 is 22.9 Å². The van der Waals surface area contributed by atoms with Crippen LogP contribution in [0.15, 0.2) is 35.7 Å². The van der Waals surface area contributed by atoms with Crippen LogP contribution < -0.4 is 9.47 Å². The summed E-state index contributed by atoms with van der Waals surface area (Å²) in [5, 5.41) is 2.98. The van der Waals surface area contributed by atoms with Gasteiger partial charge in [-0.05, 0) is 53.7 Å². The number of aromatic nitrogens is 2. The Bertz CT molecular complexity index is 743. The second kappa shape index (κ2) is 6.28. The van der Waals surface area contributed by atoms with Gasteiger partial charge in [0.05, 0.1) is 12.0 Å². The highest BCUT2D eigenvalue weighted by Gasteiger charge is 2.10. The van der Waals surface area contributed by atoms with Crippen molar-refractivity contribution in [1.82, 2.24) is 9.97 Å². The summed E-state index contributed by atoms with van der Waals surface area (Å²) in [7, 11) is 0. The molecule has 2 heterocycles. The van der Waals surface area contributed by atoms with E-state index in [2.05, 4.69) is 16.9 Å². The highest BCUT2D eigenvalue weighted by atomic mass is 35.5. The first kappa shape index (κ1) is 14.1. The van der Waals surface area contributed by atoms with Gasteiger partial charge in [-0.15, -0.1) is 11.3 Å². The molecule has 6 heteroatoms. The van der Waals surface area contributed by atoms with Gasteiger partial charge in [-0.3, -0.25) is 0 Å². The third kappa shape index (κ3) is 3.25. The molecule has 0 bridgehead atoms. The molecule has 1 aromatic carbocycles. The van der Waals surface area contributed by atoms with E-state index in [1.807, 2.05) is 35.7 Å². The van der Waals surface area contributed by atoms with E-state index >= 15 is 0 Å². The zero-order chi connectivity index (χ0) is 14.7. The molecule has 0 spiro atoms. The van der Waals surface area contributed by atoms with E-state index in [0.717, 1.165) is 22.4 Å². The van der Waals surface area contributed by atoms with E-state index in [-0.39, 0.29) is 5.28 Å². The fourth-order valence-corrected chi connectivity index (χ4v) is 2.78. The molecule has 2 aromatic heterocycles. The first-order valence-corrected chi connectivity index (χ1v) is 7.83. The van der Waals surface area contributed by atoms with Crippen LogP contribution in [0.1, 0.15) is 13.3 Å². The van der Waals surface area contributed by atoms with Gasteiger partial charge in [0.15, 0.2) is 0 Å². The van der Waals surface area contributed by atoms with Gasteiger partial charge in [-0.25, -0.2) is 4.98 Å². The number of hydrogen-bond acceptors (Lipinski definition) is 5. The monoisotopic (exact) mass is 320 g/mol. The minimum absolute atomic E-state index is 0.183. The predicted molar refractivity (Wildman–Crippen MR) is 84.7 cm³/mol.